The molecule has 0 radical (unpaired) electrons. The quantitative estimate of drug-likeness (QED) is 0.223. The van der Waals surface area contributed by atoms with Gasteiger partial charge in [0.15, 0.2) is 0 Å². The van der Waals surface area contributed by atoms with Crippen molar-refractivity contribution in [2.24, 2.45) is 0 Å². The van der Waals surface area contributed by atoms with Crippen LogP contribution in [-0.2, 0) is 34.1 Å². The highest BCUT2D eigenvalue weighted by Gasteiger charge is 2.57. The lowest BCUT2D eigenvalue weighted by Gasteiger charge is -2.47. The smallest absolute Gasteiger partial charge is 0.510 e. The van der Waals surface area contributed by atoms with Gasteiger partial charge in [0.2, 0.25) is 11.9 Å². The summed E-state index contributed by atoms with van der Waals surface area (Å²) in [5, 5.41) is 0. The summed E-state index contributed by atoms with van der Waals surface area (Å²) in [7, 11) is 0. The number of carbonyl (C=O) groups excluding carboxylic acids is 2. The molecule has 3 unspecified atom stereocenters. The second-order valence-electron chi connectivity index (χ2n) is 12.4. The zero-order valence-electron chi connectivity index (χ0n) is 25.6. The maximum atomic E-state index is 14.5. The van der Waals surface area contributed by atoms with E-state index in [4.69, 9.17) is 23.7 Å². The Morgan fingerprint density at radius 2 is 1.50 bits per heavy atom. The van der Waals surface area contributed by atoms with E-state index in [1.165, 1.54) is 43.3 Å². The lowest BCUT2D eigenvalue weighted by atomic mass is 9.85. The Labute approximate surface area is 266 Å². The van der Waals surface area contributed by atoms with Crippen LogP contribution in [0.1, 0.15) is 56.6 Å². The molecule has 4 heterocycles. The number of quaternary nitrogens is 1. The summed E-state index contributed by atoms with van der Waals surface area (Å²) in [5.41, 5.74) is -0.403. The van der Waals surface area contributed by atoms with Crippen molar-refractivity contribution in [2.75, 3.05) is 52.5 Å². The number of hydrogen-bond acceptors (Lipinski definition) is 8. The SMILES string of the molecule is CC(OC(=O)OCCN1CCOCC1)OC(C(=O)OC1CC2CCC(C1)[N+]21CCCC1)(c1ccccc1)c1ccccc1.[Cl-]. The summed E-state index contributed by atoms with van der Waals surface area (Å²) in [6.07, 6.45) is 4.65. The van der Waals surface area contributed by atoms with E-state index in [9.17, 15) is 9.59 Å². The molecule has 6 rings (SSSR count). The highest BCUT2D eigenvalue weighted by molar-refractivity contribution is 5.86. The molecule has 10 heteroatoms. The maximum Gasteiger partial charge on any atom is 0.510 e. The van der Waals surface area contributed by atoms with Crippen molar-refractivity contribution >= 4 is 12.1 Å². The molecule has 4 aliphatic rings. The summed E-state index contributed by atoms with van der Waals surface area (Å²) >= 11 is 0. The van der Waals surface area contributed by atoms with Crippen LogP contribution in [0.4, 0.5) is 4.79 Å². The van der Waals surface area contributed by atoms with E-state index in [0.717, 1.165) is 25.9 Å². The first kappa shape index (κ1) is 32.7. The molecule has 0 N–H and O–H groups in total. The third-order valence-corrected chi connectivity index (χ3v) is 10.0. The molecule has 240 valence electrons. The Hall–Kier alpha value is -2.69. The Morgan fingerprint density at radius 1 is 0.932 bits per heavy atom. The van der Waals surface area contributed by atoms with Crippen LogP contribution in [0.5, 0.6) is 0 Å². The molecule has 0 aromatic heterocycles. The van der Waals surface area contributed by atoms with Crippen molar-refractivity contribution in [3.8, 4) is 0 Å². The Bertz CT molecular complexity index is 1170. The number of esters is 1. The average Bonchev–Trinajstić information content (AvgIpc) is 3.57. The number of rotatable bonds is 10. The van der Waals surface area contributed by atoms with Crippen LogP contribution in [0.3, 0.4) is 0 Å². The maximum absolute atomic E-state index is 14.5. The molecule has 44 heavy (non-hydrogen) atoms. The van der Waals surface area contributed by atoms with Gasteiger partial charge in [-0.05, 0) is 18.1 Å². The highest BCUT2D eigenvalue weighted by atomic mass is 35.5. The van der Waals surface area contributed by atoms with Gasteiger partial charge in [0.05, 0.1) is 38.4 Å². The van der Waals surface area contributed by atoms with Crippen molar-refractivity contribution in [3.63, 3.8) is 0 Å². The molecular weight excluding hydrogens is 584 g/mol. The minimum absolute atomic E-state index is 0. The lowest BCUT2D eigenvalue weighted by molar-refractivity contribution is -0.956. The van der Waals surface area contributed by atoms with E-state index >= 15 is 0 Å². The first-order valence-electron chi connectivity index (χ1n) is 16.0. The number of benzene rings is 2. The molecule has 4 aliphatic heterocycles. The molecule has 2 bridgehead atoms. The summed E-state index contributed by atoms with van der Waals surface area (Å²) in [6, 6.07) is 19.8. The Kier molecular flexibility index (Phi) is 10.9. The molecule has 0 saturated carbocycles. The van der Waals surface area contributed by atoms with Crippen LogP contribution in [0.2, 0.25) is 0 Å². The fraction of sp³-hybridized carbons (Fsp3) is 0.588. The zero-order chi connectivity index (χ0) is 29.7. The minimum atomic E-state index is -1.63. The van der Waals surface area contributed by atoms with Gasteiger partial charge in [-0.15, -0.1) is 0 Å². The number of nitrogens with zero attached hydrogens (tertiary/aromatic N) is 2. The topological polar surface area (TPSA) is 83.5 Å². The second-order valence-corrected chi connectivity index (χ2v) is 12.4. The van der Waals surface area contributed by atoms with E-state index in [-0.39, 0.29) is 25.1 Å². The third-order valence-electron chi connectivity index (χ3n) is 10.0. The van der Waals surface area contributed by atoms with Crippen LogP contribution < -0.4 is 12.4 Å². The fourth-order valence-corrected chi connectivity index (χ4v) is 8.00. The van der Waals surface area contributed by atoms with Gasteiger partial charge < -0.3 is 40.6 Å². The molecular formula is C34H45ClN2O7. The van der Waals surface area contributed by atoms with Crippen LogP contribution >= 0.6 is 0 Å². The Morgan fingerprint density at radius 3 is 2.07 bits per heavy atom. The second kappa shape index (κ2) is 14.6. The van der Waals surface area contributed by atoms with E-state index < -0.39 is 24.0 Å². The summed E-state index contributed by atoms with van der Waals surface area (Å²) in [5.74, 6) is -0.486. The largest absolute Gasteiger partial charge is 1.00 e. The first-order chi connectivity index (χ1) is 21.0. The van der Waals surface area contributed by atoms with Crippen molar-refractivity contribution in [2.45, 2.75) is 75.5 Å². The molecule has 0 amide bonds. The van der Waals surface area contributed by atoms with Crippen LogP contribution in [-0.4, -0.2) is 98.5 Å². The molecule has 9 nitrogen and oxygen atoms in total. The summed E-state index contributed by atoms with van der Waals surface area (Å²) < 4.78 is 30.4. The first-order valence-corrected chi connectivity index (χ1v) is 16.0. The van der Waals surface area contributed by atoms with Gasteiger partial charge in [-0.2, -0.15) is 0 Å². The molecule has 2 aromatic carbocycles. The van der Waals surface area contributed by atoms with Gasteiger partial charge in [0.1, 0.15) is 12.7 Å². The standard InChI is InChI=1S/C34H45N2O7.ClH/c1-26(41-33(38)40-23-18-35-16-21-39-22-17-35)43-34(27-10-4-2-5-11-27,28-12-6-3-7-13-28)32(37)42-31-24-29-14-15-30(25-31)36(29)19-8-9-20-36;/h2-7,10-13,26,29-31H,8-9,14-25H2,1H3;1H/q+1;/p-1. The van der Waals surface area contributed by atoms with E-state index in [1.54, 1.807) is 6.92 Å². The van der Waals surface area contributed by atoms with Gasteiger partial charge in [0, 0.05) is 58.2 Å². The van der Waals surface area contributed by atoms with E-state index in [1.807, 2.05) is 60.7 Å². The molecule has 0 aliphatic carbocycles. The lowest BCUT2D eigenvalue weighted by Crippen LogP contribution is -3.00. The predicted molar refractivity (Wildman–Crippen MR) is 159 cm³/mol. The molecule has 4 saturated heterocycles. The highest BCUT2D eigenvalue weighted by Crippen LogP contribution is 2.47. The van der Waals surface area contributed by atoms with Gasteiger partial charge in [0.25, 0.3) is 0 Å². The van der Waals surface area contributed by atoms with Crippen molar-refractivity contribution in [1.29, 1.82) is 0 Å². The summed E-state index contributed by atoms with van der Waals surface area (Å²) in [6.45, 7) is 7.88. The number of hydrogen-bond donors (Lipinski definition) is 0. The van der Waals surface area contributed by atoms with Gasteiger partial charge >= 0.3 is 12.1 Å². The molecule has 2 aromatic rings. The zero-order valence-corrected chi connectivity index (χ0v) is 26.4. The van der Waals surface area contributed by atoms with E-state index in [2.05, 4.69) is 4.90 Å². The molecule has 1 spiro atoms. The van der Waals surface area contributed by atoms with E-state index in [0.29, 0.717) is 43.0 Å². The third kappa shape index (κ3) is 6.77. The van der Waals surface area contributed by atoms with Gasteiger partial charge in [-0.1, -0.05) is 60.7 Å². The monoisotopic (exact) mass is 628 g/mol. The number of carbonyl (C=O) groups is 2. The summed E-state index contributed by atoms with van der Waals surface area (Å²) in [4.78, 5) is 29.3. The average molecular weight is 629 g/mol. The van der Waals surface area contributed by atoms with Crippen LogP contribution in [0.15, 0.2) is 60.7 Å². The molecule has 3 atom stereocenters. The van der Waals surface area contributed by atoms with Crippen LogP contribution in [0.25, 0.3) is 0 Å². The predicted octanol–water partition coefficient (Wildman–Crippen LogP) is 1.63. The number of ether oxygens (including phenoxy) is 5. The fourth-order valence-electron chi connectivity index (χ4n) is 8.00. The normalized spacial score (nSPS) is 25.2. The van der Waals surface area contributed by atoms with Gasteiger partial charge in [-0.25, -0.2) is 9.59 Å². The number of morpholine rings is 1. The van der Waals surface area contributed by atoms with Crippen LogP contribution in [0, 0.1) is 0 Å². The number of piperidine rings is 1. The van der Waals surface area contributed by atoms with Crippen molar-refractivity contribution < 1.29 is 50.2 Å². The van der Waals surface area contributed by atoms with Gasteiger partial charge in [-0.3, -0.25) is 4.90 Å². The van der Waals surface area contributed by atoms with Crippen molar-refractivity contribution in [1.82, 2.24) is 4.90 Å². The minimum Gasteiger partial charge on any atom is -1.00 e. The molecule has 4 fully saturated rings. The Balaban J connectivity index is 0.00000384. The number of halogens is 1. The van der Waals surface area contributed by atoms with Crippen molar-refractivity contribution in [3.05, 3.63) is 71.8 Å².